The monoisotopic (exact) mass is 310 g/mol. The third kappa shape index (κ3) is 2.75. The SMILES string of the molecule is CCN1CC2(CCN(C(=O)[C@@H]3CNCC(=O)N3)CC2)OC1=O. The van der Waals surface area contributed by atoms with Crippen LogP contribution in [-0.4, -0.2) is 78.6 Å². The lowest BCUT2D eigenvalue weighted by molar-refractivity contribution is -0.140. The first kappa shape index (κ1) is 15.1. The van der Waals surface area contributed by atoms with Crippen molar-refractivity contribution in [3.8, 4) is 0 Å². The summed E-state index contributed by atoms with van der Waals surface area (Å²) in [5.41, 5.74) is -0.446. The average Bonchev–Trinajstić information content (AvgIpc) is 2.83. The lowest BCUT2D eigenvalue weighted by Crippen LogP contribution is -2.60. The van der Waals surface area contributed by atoms with Crippen LogP contribution < -0.4 is 10.6 Å². The summed E-state index contributed by atoms with van der Waals surface area (Å²) in [6.07, 6.45) is 1.04. The average molecular weight is 310 g/mol. The molecule has 3 heterocycles. The van der Waals surface area contributed by atoms with Gasteiger partial charge < -0.3 is 25.2 Å². The summed E-state index contributed by atoms with van der Waals surface area (Å²) in [7, 11) is 0. The Morgan fingerprint density at radius 1 is 1.36 bits per heavy atom. The normalized spacial score (nSPS) is 27.8. The summed E-state index contributed by atoms with van der Waals surface area (Å²) in [5.74, 6) is -0.214. The maximum absolute atomic E-state index is 12.4. The highest BCUT2D eigenvalue weighted by Gasteiger charge is 2.47. The van der Waals surface area contributed by atoms with E-state index in [0.717, 1.165) is 0 Å². The van der Waals surface area contributed by atoms with Crippen LogP contribution in [0, 0.1) is 0 Å². The van der Waals surface area contributed by atoms with Crippen molar-refractivity contribution in [1.82, 2.24) is 20.4 Å². The molecule has 1 spiro atoms. The number of nitrogens with one attached hydrogen (secondary N) is 2. The van der Waals surface area contributed by atoms with Gasteiger partial charge in [0.2, 0.25) is 11.8 Å². The molecule has 0 aromatic heterocycles. The summed E-state index contributed by atoms with van der Waals surface area (Å²) in [6.45, 7) is 5.00. The summed E-state index contributed by atoms with van der Waals surface area (Å²) in [6, 6.07) is -0.492. The molecule has 0 saturated carbocycles. The third-order valence-electron chi connectivity index (χ3n) is 4.68. The Labute approximate surface area is 129 Å². The zero-order chi connectivity index (χ0) is 15.7. The molecule has 3 amide bonds. The van der Waals surface area contributed by atoms with Gasteiger partial charge in [0.15, 0.2) is 0 Å². The van der Waals surface area contributed by atoms with Crippen LogP contribution in [0.1, 0.15) is 19.8 Å². The number of rotatable bonds is 2. The molecule has 3 saturated heterocycles. The van der Waals surface area contributed by atoms with E-state index in [9.17, 15) is 14.4 Å². The zero-order valence-electron chi connectivity index (χ0n) is 12.8. The van der Waals surface area contributed by atoms with Crippen molar-refractivity contribution in [2.24, 2.45) is 0 Å². The van der Waals surface area contributed by atoms with Gasteiger partial charge in [0.05, 0.1) is 13.1 Å². The van der Waals surface area contributed by atoms with Crippen molar-refractivity contribution < 1.29 is 19.1 Å². The Bertz CT molecular complexity index is 487. The van der Waals surface area contributed by atoms with Gasteiger partial charge in [-0.25, -0.2) is 4.79 Å². The second-order valence-corrected chi connectivity index (χ2v) is 6.14. The molecule has 3 rings (SSSR count). The molecule has 1 atom stereocenters. The van der Waals surface area contributed by atoms with Gasteiger partial charge in [0, 0.05) is 39.0 Å². The van der Waals surface area contributed by atoms with Gasteiger partial charge in [0.1, 0.15) is 11.6 Å². The number of carbonyl (C=O) groups is 3. The molecule has 8 heteroatoms. The highest BCUT2D eigenvalue weighted by Crippen LogP contribution is 2.33. The van der Waals surface area contributed by atoms with Crippen LogP contribution in [0.15, 0.2) is 0 Å². The molecule has 0 radical (unpaired) electrons. The number of likely N-dealkylation sites (tertiary alicyclic amines) is 1. The van der Waals surface area contributed by atoms with Crippen LogP contribution in [0.4, 0.5) is 4.79 Å². The number of hydrogen-bond donors (Lipinski definition) is 2. The standard InChI is InChI=1S/C14H22N4O4/c1-2-17-9-14(22-13(17)21)3-5-18(6-4-14)12(20)10-7-15-8-11(19)16-10/h10,15H,2-9H2,1H3,(H,16,19)/t10-/m0/s1. The lowest BCUT2D eigenvalue weighted by Gasteiger charge is -2.39. The fraction of sp³-hybridized carbons (Fsp3) is 0.786. The van der Waals surface area contributed by atoms with E-state index in [1.165, 1.54) is 0 Å². The Kier molecular flexibility index (Phi) is 3.94. The molecular weight excluding hydrogens is 288 g/mol. The first-order valence-electron chi connectivity index (χ1n) is 7.80. The van der Waals surface area contributed by atoms with E-state index in [-0.39, 0.29) is 24.5 Å². The Balaban J connectivity index is 1.56. The maximum atomic E-state index is 12.4. The van der Waals surface area contributed by atoms with Crippen LogP contribution in [0.2, 0.25) is 0 Å². The summed E-state index contributed by atoms with van der Waals surface area (Å²) in [5, 5.41) is 5.65. The van der Waals surface area contributed by atoms with Gasteiger partial charge in [-0.3, -0.25) is 9.59 Å². The number of likely N-dealkylation sites (N-methyl/N-ethyl adjacent to an activating group) is 1. The smallest absolute Gasteiger partial charge is 0.410 e. The van der Waals surface area contributed by atoms with Crippen LogP contribution in [0.25, 0.3) is 0 Å². The summed E-state index contributed by atoms with van der Waals surface area (Å²) >= 11 is 0. The second-order valence-electron chi connectivity index (χ2n) is 6.14. The van der Waals surface area contributed by atoms with Crippen molar-refractivity contribution in [3.05, 3.63) is 0 Å². The molecule has 2 N–H and O–H groups in total. The molecule has 3 aliphatic heterocycles. The third-order valence-corrected chi connectivity index (χ3v) is 4.68. The maximum Gasteiger partial charge on any atom is 0.410 e. The summed E-state index contributed by atoms with van der Waals surface area (Å²) in [4.78, 5) is 39.0. The van der Waals surface area contributed by atoms with E-state index in [1.807, 2.05) is 6.92 Å². The number of nitrogens with zero attached hydrogens (tertiary/aromatic N) is 2. The number of carbonyl (C=O) groups excluding carboxylic acids is 3. The Morgan fingerprint density at radius 3 is 2.68 bits per heavy atom. The second kappa shape index (κ2) is 5.75. The molecule has 0 aliphatic carbocycles. The Morgan fingerprint density at radius 2 is 2.09 bits per heavy atom. The van der Waals surface area contributed by atoms with Crippen molar-refractivity contribution in [2.45, 2.75) is 31.4 Å². The van der Waals surface area contributed by atoms with E-state index in [4.69, 9.17) is 4.74 Å². The number of hydrogen-bond acceptors (Lipinski definition) is 5. The van der Waals surface area contributed by atoms with Crippen LogP contribution in [0.3, 0.4) is 0 Å². The Hall–Kier alpha value is -1.83. The van der Waals surface area contributed by atoms with E-state index < -0.39 is 11.6 Å². The molecule has 22 heavy (non-hydrogen) atoms. The number of ether oxygens (including phenoxy) is 1. The zero-order valence-corrected chi connectivity index (χ0v) is 12.8. The first-order valence-corrected chi connectivity index (χ1v) is 7.80. The van der Waals surface area contributed by atoms with Crippen LogP contribution in [-0.2, 0) is 14.3 Å². The molecule has 8 nitrogen and oxygen atoms in total. The van der Waals surface area contributed by atoms with E-state index in [1.54, 1.807) is 9.80 Å². The highest BCUT2D eigenvalue weighted by molar-refractivity contribution is 5.89. The minimum Gasteiger partial charge on any atom is -0.441 e. The largest absolute Gasteiger partial charge is 0.441 e. The van der Waals surface area contributed by atoms with Crippen LogP contribution >= 0.6 is 0 Å². The molecule has 3 aliphatic rings. The predicted octanol–water partition coefficient (Wildman–Crippen LogP) is -1.09. The fourth-order valence-electron chi connectivity index (χ4n) is 3.33. The van der Waals surface area contributed by atoms with Crippen LogP contribution in [0.5, 0.6) is 0 Å². The van der Waals surface area contributed by atoms with Gasteiger partial charge >= 0.3 is 6.09 Å². The number of amides is 3. The van der Waals surface area contributed by atoms with Gasteiger partial charge in [0.25, 0.3) is 0 Å². The predicted molar refractivity (Wildman–Crippen MR) is 77.1 cm³/mol. The molecule has 0 bridgehead atoms. The lowest BCUT2D eigenvalue weighted by atomic mass is 9.91. The highest BCUT2D eigenvalue weighted by atomic mass is 16.6. The molecule has 122 valence electrons. The van der Waals surface area contributed by atoms with Crippen molar-refractivity contribution in [1.29, 1.82) is 0 Å². The van der Waals surface area contributed by atoms with Gasteiger partial charge in [-0.2, -0.15) is 0 Å². The van der Waals surface area contributed by atoms with Gasteiger partial charge in [-0.1, -0.05) is 0 Å². The number of piperidine rings is 1. The van der Waals surface area contributed by atoms with E-state index >= 15 is 0 Å². The van der Waals surface area contributed by atoms with Gasteiger partial charge in [-0.05, 0) is 6.92 Å². The van der Waals surface area contributed by atoms with Gasteiger partial charge in [-0.15, -0.1) is 0 Å². The van der Waals surface area contributed by atoms with E-state index in [2.05, 4.69) is 10.6 Å². The molecule has 0 aromatic carbocycles. The van der Waals surface area contributed by atoms with Crippen molar-refractivity contribution >= 4 is 17.9 Å². The molecular formula is C14H22N4O4. The van der Waals surface area contributed by atoms with E-state index in [0.29, 0.717) is 45.6 Å². The molecule has 0 aromatic rings. The molecule has 3 fully saturated rings. The molecule has 0 unspecified atom stereocenters. The van der Waals surface area contributed by atoms with Crippen molar-refractivity contribution in [3.63, 3.8) is 0 Å². The minimum absolute atomic E-state index is 0.0629. The quantitative estimate of drug-likeness (QED) is 0.676. The summed E-state index contributed by atoms with van der Waals surface area (Å²) < 4.78 is 5.55. The van der Waals surface area contributed by atoms with Crippen molar-refractivity contribution in [2.75, 3.05) is 39.3 Å². The fourth-order valence-corrected chi connectivity index (χ4v) is 3.33. The minimum atomic E-state index is -0.492. The first-order chi connectivity index (χ1) is 10.5. The number of piperazine rings is 1. The topological polar surface area (TPSA) is 91.0 Å².